The van der Waals surface area contributed by atoms with Crippen LogP contribution in [0.4, 0.5) is 5.13 Å². The highest BCUT2D eigenvalue weighted by Crippen LogP contribution is 2.26. The lowest BCUT2D eigenvalue weighted by molar-refractivity contribution is 0.734. The average molecular weight is 300 g/mol. The zero-order valence-corrected chi connectivity index (χ0v) is 12.9. The molecule has 7 heteroatoms. The van der Waals surface area contributed by atoms with Crippen LogP contribution in [0.5, 0.6) is 0 Å². The zero-order valence-electron chi connectivity index (χ0n) is 12.1. The predicted octanol–water partition coefficient (Wildman–Crippen LogP) is 2.62. The third-order valence-corrected chi connectivity index (χ3v) is 4.36. The van der Waals surface area contributed by atoms with Crippen molar-refractivity contribution < 1.29 is 0 Å². The largest absolute Gasteiger partial charge is 0.343 e. The van der Waals surface area contributed by atoms with Gasteiger partial charge in [0.25, 0.3) is 0 Å². The van der Waals surface area contributed by atoms with E-state index in [-0.39, 0.29) is 6.04 Å². The third kappa shape index (κ3) is 2.78. The lowest BCUT2D eigenvalue weighted by Crippen LogP contribution is -2.21. The molecule has 0 aliphatic rings. The molecule has 0 saturated carbocycles. The lowest BCUT2D eigenvalue weighted by atomic mass is 10.1. The summed E-state index contributed by atoms with van der Waals surface area (Å²) in [5.74, 6) is 0.815. The van der Waals surface area contributed by atoms with Crippen molar-refractivity contribution in [3.8, 4) is 5.69 Å². The molecule has 3 aromatic rings. The second kappa shape index (κ2) is 5.61. The van der Waals surface area contributed by atoms with Crippen LogP contribution in [0.3, 0.4) is 0 Å². The number of aryl methyl sites for hydroxylation is 1. The number of nitrogens with zero attached hydrogens (tertiary/aromatic N) is 6. The Hall–Kier alpha value is -2.28. The van der Waals surface area contributed by atoms with E-state index in [0.29, 0.717) is 0 Å². The topological polar surface area (TPSA) is 59.7 Å². The standard InChI is InChI=1S/C14H16N6S/c1-10(19(3)14-17-11(2)18-21-14)12-4-6-13(7-5-12)20-9-15-8-16-20/h4-10H,1-3H3. The number of rotatable bonds is 4. The Bertz CT molecular complexity index is 703. The molecule has 0 radical (unpaired) electrons. The van der Waals surface area contributed by atoms with E-state index in [2.05, 4.69) is 43.4 Å². The molecule has 0 spiro atoms. The first-order valence-corrected chi connectivity index (χ1v) is 7.40. The van der Waals surface area contributed by atoms with Crippen LogP contribution in [0.15, 0.2) is 36.9 Å². The fourth-order valence-electron chi connectivity index (χ4n) is 2.07. The number of anilines is 1. The second-order valence-corrected chi connectivity index (χ2v) is 5.57. The number of hydrogen-bond acceptors (Lipinski definition) is 6. The summed E-state index contributed by atoms with van der Waals surface area (Å²) in [6.07, 6.45) is 3.22. The summed E-state index contributed by atoms with van der Waals surface area (Å²) < 4.78 is 5.97. The normalized spacial score (nSPS) is 12.3. The minimum Gasteiger partial charge on any atom is -0.343 e. The Morgan fingerprint density at radius 2 is 2.00 bits per heavy atom. The van der Waals surface area contributed by atoms with Crippen molar-refractivity contribution in [2.45, 2.75) is 19.9 Å². The maximum absolute atomic E-state index is 4.43. The first-order chi connectivity index (χ1) is 10.1. The molecular weight excluding hydrogens is 284 g/mol. The van der Waals surface area contributed by atoms with E-state index in [1.807, 2.05) is 26.1 Å². The fraction of sp³-hybridized carbons (Fsp3) is 0.286. The van der Waals surface area contributed by atoms with Crippen LogP contribution >= 0.6 is 11.5 Å². The highest BCUT2D eigenvalue weighted by molar-refractivity contribution is 7.09. The number of hydrogen-bond donors (Lipinski definition) is 0. The van der Waals surface area contributed by atoms with E-state index in [4.69, 9.17) is 0 Å². The predicted molar refractivity (Wildman–Crippen MR) is 82.8 cm³/mol. The maximum atomic E-state index is 4.43. The molecular formula is C14H16N6S. The molecule has 2 heterocycles. The molecule has 21 heavy (non-hydrogen) atoms. The molecule has 3 rings (SSSR count). The van der Waals surface area contributed by atoms with Gasteiger partial charge in [-0.2, -0.15) is 9.47 Å². The van der Waals surface area contributed by atoms with Gasteiger partial charge in [-0.1, -0.05) is 12.1 Å². The van der Waals surface area contributed by atoms with Crippen molar-refractivity contribution >= 4 is 16.7 Å². The molecule has 2 aromatic heterocycles. The van der Waals surface area contributed by atoms with Crippen LogP contribution in [0, 0.1) is 6.92 Å². The van der Waals surface area contributed by atoms with E-state index in [9.17, 15) is 0 Å². The minimum absolute atomic E-state index is 0.224. The van der Waals surface area contributed by atoms with E-state index in [1.54, 1.807) is 11.0 Å². The summed E-state index contributed by atoms with van der Waals surface area (Å²) in [6, 6.07) is 8.51. The van der Waals surface area contributed by atoms with Gasteiger partial charge >= 0.3 is 0 Å². The number of benzene rings is 1. The summed E-state index contributed by atoms with van der Waals surface area (Å²) in [7, 11) is 2.04. The Kier molecular flexibility index (Phi) is 3.66. The molecule has 1 unspecified atom stereocenters. The van der Waals surface area contributed by atoms with Gasteiger partial charge in [0.05, 0.1) is 11.7 Å². The monoisotopic (exact) mass is 300 g/mol. The van der Waals surface area contributed by atoms with Crippen LogP contribution in [-0.2, 0) is 0 Å². The summed E-state index contributed by atoms with van der Waals surface area (Å²) in [4.78, 5) is 10.5. The van der Waals surface area contributed by atoms with Gasteiger partial charge in [0.15, 0.2) is 0 Å². The maximum Gasteiger partial charge on any atom is 0.205 e. The highest BCUT2D eigenvalue weighted by atomic mass is 32.1. The molecule has 0 N–H and O–H groups in total. The van der Waals surface area contributed by atoms with Crippen LogP contribution < -0.4 is 4.90 Å². The van der Waals surface area contributed by atoms with Crippen molar-refractivity contribution in [3.05, 3.63) is 48.3 Å². The summed E-state index contributed by atoms with van der Waals surface area (Å²) >= 11 is 1.42. The SMILES string of the molecule is Cc1nsc(N(C)C(C)c2ccc(-n3cncn3)cc2)n1. The summed E-state index contributed by atoms with van der Waals surface area (Å²) in [5, 5.41) is 5.06. The Morgan fingerprint density at radius 3 is 2.57 bits per heavy atom. The molecule has 1 atom stereocenters. The van der Waals surface area contributed by atoms with E-state index < -0.39 is 0 Å². The van der Waals surface area contributed by atoms with Crippen LogP contribution in [0.2, 0.25) is 0 Å². The molecule has 1 aromatic carbocycles. The Balaban J connectivity index is 1.80. The van der Waals surface area contributed by atoms with E-state index >= 15 is 0 Å². The van der Waals surface area contributed by atoms with Crippen LogP contribution in [0.1, 0.15) is 24.4 Å². The Morgan fingerprint density at radius 1 is 1.24 bits per heavy atom. The molecule has 108 valence electrons. The van der Waals surface area contributed by atoms with Gasteiger partial charge in [0, 0.05) is 18.6 Å². The number of aromatic nitrogens is 5. The van der Waals surface area contributed by atoms with Gasteiger partial charge in [0.2, 0.25) is 5.13 Å². The molecule has 0 amide bonds. The van der Waals surface area contributed by atoms with Gasteiger partial charge in [-0.3, -0.25) is 0 Å². The molecule has 0 aliphatic carbocycles. The molecule has 0 fully saturated rings. The van der Waals surface area contributed by atoms with E-state index in [0.717, 1.165) is 16.6 Å². The minimum atomic E-state index is 0.224. The molecule has 0 bridgehead atoms. The highest BCUT2D eigenvalue weighted by Gasteiger charge is 2.15. The zero-order chi connectivity index (χ0) is 14.8. The van der Waals surface area contributed by atoms with Crippen LogP contribution in [-0.4, -0.2) is 31.2 Å². The Labute approximate surface area is 127 Å². The molecule has 0 saturated heterocycles. The summed E-state index contributed by atoms with van der Waals surface area (Å²) in [5.41, 5.74) is 2.21. The quantitative estimate of drug-likeness (QED) is 0.741. The van der Waals surface area contributed by atoms with Gasteiger partial charge < -0.3 is 4.90 Å². The van der Waals surface area contributed by atoms with Gasteiger partial charge in [-0.15, -0.1) is 0 Å². The van der Waals surface area contributed by atoms with Crippen molar-refractivity contribution in [2.75, 3.05) is 11.9 Å². The average Bonchev–Trinajstić information content (AvgIpc) is 3.17. The van der Waals surface area contributed by atoms with Crippen molar-refractivity contribution in [1.82, 2.24) is 24.1 Å². The summed E-state index contributed by atoms with van der Waals surface area (Å²) in [6.45, 7) is 4.06. The van der Waals surface area contributed by atoms with Gasteiger partial charge in [-0.05, 0) is 31.5 Å². The smallest absolute Gasteiger partial charge is 0.205 e. The third-order valence-electron chi connectivity index (χ3n) is 3.46. The molecule has 0 aliphatic heterocycles. The second-order valence-electron chi connectivity index (χ2n) is 4.84. The molecule has 6 nitrogen and oxygen atoms in total. The van der Waals surface area contributed by atoms with Crippen molar-refractivity contribution in [1.29, 1.82) is 0 Å². The van der Waals surface area contributed by atoms with Gasteiger partial charge in [0.1, 0.15) is 18.5 Å². The lowest BCUT2D eigenvalue weighted by Gasteiger charge is -2.24. The van der Waals surface area contributed by atoms with Crippen molar-refractivity contribution in [2.24, 2.45) is 0 Å². The van der Waals surface area contributed by atoms with E-state index in [1.165, 1.54) is 23.4 Å². The van der Waals surface area contributed by atoms with Gasteiger partial charge in [-0.25, -0.2) is 14.6 Å². The fourth-order valence-corrected chi connectivity index (χ4v) is 2.78. The first-order valence-electron chi connectivity index (χ1n) is 6.63. The van der Waals surface area contributed by atoms with Crippen LogP contribution in [0.25, 0.3) is 5.69 Å². The van der Waals surface area contributed by atoms with Crippen molar-refractivity contribution in [3.63, 3.8) is 0 Å². The first kappa shape index (κ1) is 13.7.